The normalized spacial score (nSPS) is 13.4. The lowest BCUT2D eigenvalue weighted by Crippen LogP contribution is -2.49. The van der Waals surface area contributed by atoms with Crippen molar-refractivity contribution in [3.05, 3.63) is 42.0 Å². The number of carboxylic acid groups (broad SMARTS) is 2. The summed E-state index contributed by atoms with van der Waals surface area (Å²) in [5.41, 5.74) is 0.538. The molecule has 1 heterocycles. The number of carboxylic acids is 2. The highest BCUT2D eigenvalue weighted by Gasteiger charge is 2.38. The van der Waals surface area contributed by atoms with Gasteiger partial charge in [-0.3, -0.25) is 4.72 Å². The van der Waals surface area contributed by atoms with Crippen molar-refractivity contribution in [2.75, 3.05) is 56.6 Å². The number of rotatable bonds is 8. The number of ether oxygens (including phenoxy) is 3. The van der Waals surface area contributed by atoms with Crippen LogP contribution in [-0.2, 0) is 19.6 Å². The predicted molar refractivity (Wildman–Crippen MR) is 138 cm³/mol. The molecule has 2 aromatic carbocycles. The maximum Gasteiger partial charge on any atom is 0.490 e. The van der Waals surface area contributed by atoms with Crippen LogP contribution in [0.25, 0.3) is 0 Å². The summed E-state index contributed by atoms with van der Waals surface area (Å²) in [4.78, 5) is 35.8. The highest BCUT2D eigenvalue weighted by molar-refractivity contribution is 7.92. The number of nitrogens with zero attached hydrogens (tertiary/aromatic N) is 2. The summed E-state index contributed by atoms with van der Waals surface area (Å²) in [6, 6.07) is 8.38. The average molecular weight is 608 g/mol. The first-order valence-corrected chi connectivity index (χ1v) is 13.2. The summed E-state index contributed by atoms with van der Waals surface area (Å²) in [6.45, 7) is 3.59. The van der Waals surface area contributed by atoms with Crippen LogP contribution in [0.3, 0.4) is 0 Å². The quantitative estimate of drug-likeness (QED) is 0.403. The third-order valence-electron chi connectivity index (χ3n) is 5.54. The van der Waals surface area contributed by atoms with Gasteiger partial charge < -0.3 is 34.2 Å². The van der Waals surface area contributed by atoms with E-state index in [1.807, 2.05) is 4.90 Å². The van der Waals surface area contributed by atoms with E-state index in [9.17, 15) is 36.3 Å². The molecule has 1 fully saturated rings. The van der Waals surface area contributed by atoms with E-state index in [2.05, 4.69) is 4.72 Å². The van der Waals surface area contributed by atoms with Gasteiger partial charge >= 0.3 is 24.2 Å². The van der Waals surface area contributed by atoms with Crippen molar-refractivity contribution in [2.24, 2.45) is 0 Å². The second kappa shape index (κ2) is 13.8. The molecule has 17 heteroatoms. The molecule has 0 aliphatic carbocycles. The van der Waals surface area contributed by atoms with Gasteiger partial charge in [-0.25, -0.2) is 22.8 Å². The molecule has 3 N–H and O–H groups in total. The lowest BCUT2D eigenvalue weighted by atomic mass is 10.1. The summed E-state index contributed by atoms with van der Waals surface area (Å²) >= 11 is 0. The second-order valence-corrected chi connectivity index (χ2v) is 9.82. The number of hydrogen-bond acceptors (Lipinski definition) is 9. The fraction of sp³-hybridized carbons (Fsp3) is 0.375. The molecule has 0 saturated carbocycles. The van der Waals surface area contributed by atoms with Crippen LogP contribution in [0.15, 0.2) is 41.3 Å². The first-order valence-electron chi connectivity index (χ1n) is 11.7. The Labute approximate surface area is 233 Å². The summed E-state index contributed by atoms with van der Waals surface area (Å²) < 4.78 is 75.9. The molecular weight excluding hydrogens is 579 g/mol. The van der Waals surface area contributed by atoms with Crippen LogP contribution in [0, 0.1) is 0 Å². The van der Waals surface area contributed by atoms with Crippen LogP contribution in [0.2, 0.25) is 0 Å². The van der Waals surface area contributed by atoms with Crippen molar-refractivity contribution in [3.8, 4) is 11.5 Å². The maximum atomic E-state index is 13.2. The Hall–Kier alpha value is -4.41. The molecule has 1 amide bonds. The number of piperazine rings is 1. The number of benzene rings is 2. The molecule has 0 aromatic heterocycles. The van der Waals surface area contributed by atoms with Crippen LogP contribution in [0.4, 0.5) is 29.3 Å². The third kappa shape index (κ3) is 8.79. The summed E-state index contributed by atoms with van der Waals surface area (Å²) in [6.07, 6.45) is -5.49. The molecular formula is C24H28F3N3O10S. The molecule has 1 aliphatic heterocycles. The summed E-state index contributed by atoms with van der Waals surface area (Å²) in [7, 11) is -1.26. The van der Waals surface area contributed by atoms with E-state index < -0.39 is 34.2 Å². The number of sulfonamides is 1. The van der Waals surface area contributed by atoms with E-state index in [0.717, 1.165) is 0 Å². The number of methoxy groups -OCH3 is 2. The van der Waals surface area contributed by atoms with Crippen molar-refractivity contribution in [2.45, 2.75) is 18.0 Å². The van der Waals surface area contributed by atoms with Gasteiger partial charge in [0.25, 0.3) is 10.0 Å². The Balaban J connectivity index is 0.000000745. The highest BCUT2D eigenvalue weighted by atomic mass is 32.2. The monoisotopic (exact) mass is 607 g/mol. The van der Waals surface area contributed by atoms with Crippen molar-refractivity contribution < 1.29 is 60.4 Å². The highest BCUT2D eigenvalue weighted by Crippen LogP contribution is 2.33. The van der Waals surface area contributed by atoms with Gasteiger partial charge in [0.15, 0.2) is 11.5 Å². The Bertz CT molecular complexity index is 1360. The Kier molecular flexibility index (Phi) is 11.0. The zero-order valence-electron chi connectivity index (χ0n) is 22.1. The fourth-order valence-electron chi connectivity index (χ4n) is 3.56. The van der Waals surface area contributed by atoms with Crippen molar-refractivity contribution >= 4 is 39.4 Å². The molecule has 2 aromatic rings. The SMILES string of the molecule is CCOC(=O)N1CCN(c2ccc(C(=O)O)cc2NS(=O)(=O)c2ccc(OC)c(OC)c2)CC1.O=C(O)C(F)(F)F. The minimum Gasteiger partial charge on any atom is -0.493 e. The van der Waals surface area contributed by atoms with Crippen molar-refractivity contribution in [1.82, 2.24) is 4.90 Å². The van der Waals surface area contributed by atoms with Gasteiger partial charge in [-0.1, -0.05) is 0 Å². The Morgan fingerprint density at radius 3 is 2.02 bits per heavy atom. The van der Waals surface area contributed by atoms with Crippen LogP contribution >= 0.6 is 0 Å². The topological polar surface area (TPSA) is 172 Å². The van der Waals surface area contributed by atoms with E-state index in [-0.39, 0.29) is 28.5 Å². The minimum atomic E-state index is -5.08. The average Bonchev–Trinajstić information content (AvgIpc) is 2.92. The molecule has 0 unspecified atom stereocenters. The number of halogens is 3. The van der Waals surface area contributed by atoms with Crippen LogP contribution < -0.4 is 19.1 Å². The van der Waals surface area contributed by atoms with E-state index in [4.69, 9.17) is 24.1 Å². The lowest BCUT2D eigenvalue weighted by Gasteiger charge is -2.36. The number of aliphatic carboxylic acids is 1. The first-order chi connectivity index (χ1) is 19.1. The number of amides is 1. The summed E-state index contributed by atoms with van der Waals surface area (Å²) in [5, 5.41) is 16.5. The molecule has 0 bridgehead atoms. The van der Waals surface area contributed by atoms with Crippen LogP contribution in [-0.4, -0.2) is 94.7 Å². The number of aromatic carboxylic acids is 1. The lowest BCUT2D eigenvalue weighted by molar-refractivity contribution is -0.192. The first kappa shape index (κ1) is 32.8. The second-order valence-electron chi connectivity index (χ2n) is 8.14. The molecule has 0 radical (unpaired) electrons. The fourth-order valence-corrected chi connectivity index (χ4v) is 4.64. The van der Waals surface area contributed by atoms with Crippen LogP contribution in [0.1, 0.15) is 17.3 Å². The number of carbonyl (C=O) groups is 3. The predicted octanol–water partition coefficient (Wildman–Crippen LogP) is 3.11. The van der Waals surface area contributed by atoms with Gasteiger partial charge in [-0.05, 0) is 37.3 Å². The van der Waals surface area contributed by atoms with Gasteiger partial charge in [0.05, 0.1) is 42.7 Å². The number of anilines is 2. The maximum absolute atomic E-state index is 13.2. The van der Waals surface area contributed by atoms with Crippen molar-refractivity contribution in [1.29, 1.82) is 0 Å². The number of alkyl halides is 3. The zero-order chi connectivity index (χ0) is 31.0. The van der Waals surface area contributed by atoms with Gasteiger partial charge in [0.2, 0.25) is 0 Å². The van der Waals surface area contributed by atoms with Crippen molar-refractivity contribution in [3.63, 3.8) is 0 Å². The molecule has 1 aliphatic rings. The van der Waals surface area contributed by atoms with Gasteiger partial charge in [0, 0.05) is 32.2 Å². The van der Waals surface area contributed by atoms with Gasteiger partial charge in [-0.15, -0.1) is 0 Å². The molecule has 1 saturated heterocycles. The minimum absolute atomic E-state index is 0.0704. The van der Waals surface area contributed by atoms with Gasteiger partial charge in [-0.2, -0.15) is 13.2 Å². The standard InChI is InChI=1S/C22H27N3O8S.C2HF3O2/c1-4-33-22(28)25-11-9-24(10-12-25)18-7-5-15(21(26)27)13-17(18)23-34(29,30)16-6-8-19(31-2)20(14-16)32-3;3-2(4,5)1(6)7/h5-8,13-14,23H,4,9-12H2,1-3H3,(H,26,27);(H,6,7). The zero-order valence-corrected chi connectivity index (χ0v) is 22.9. The largest absolute Gasteiger partial charge is 0.493 e. The molecule has 3 rings (SSSR count). The molecule has 226 valence electrons. The smallest absolute Gasteiger partial charge is 0.490 e. The number of hydrogen-bond donors (Lipinski definition) is 3. The Morgan fingerprint density at radius 1 is 0.951 bits per heavy atom. The molecule has 13 nitrogen and oxygen atoms in total. The van der Waals surface area contributed by atoms with E-state index in [1.165, 1.54) is 44.6 Å². The van der Waals surface area contributed by atoms with E-state index >= 15 is 0 Å². The number of carbonyl (C=O) groups excluding carboxylic acids is 1. The number of nitrogens with one attached hydrogen (secondary N) is 1. The van der Waals surface area contributed by atoms with E-state index in [0.29, 0.717) is 37.6 Å². The third-order valence-corrected chi connectivity index (χ3v) is 6.91. The van der Waals surface area contributed by atoms with Crippen LogP contribution in [0.5, 0.6) is 11.5 Å². The Morgan fingerprint density at radius 2 is 1.54 bits per heavy atom. The molecule has 0 spiro atoms. The summed E-state index contributed by atoms with van der Waals surface area (Å²) in [5.74, 6) is -3.34. The molecule has 0 atom stereocenters. The van der Waals surface area contributed by atoms with E-state index in [1.54, 1.807) is 17.9 Å². The van der Waals surface area contributed by atoms with Gasteiger partial charge in [0.1, 0.15) is 0 Å². The molecule has 41 heavy (non-hydrogen) atoms.